The summed E-state index contributed by atoms with van der Waals surface area (Å²) in [5.74, 6) is 5.95. The van der Waals surface area contributed by atoms with E-state index in [4.69, 9.17) is 23.2 Å². The fraction of sp³-hybridized carbons (Fsp3) is 0.385. The van der Waals surface area contributed by atoms with Gasteiger partial charge in [-0.15, -0.1) is 11.8 Å². The van der Waals surface area contributed by atoms with Gasteiger partial charge in [-0.25, -0.2) is 0 Å². The zero-order chi connectivity index (χ0) is 12.0. The number of hydrogen-bond acceptors (Lipinski definition) is 1. The van der Waals surface area contributed by atoms with E-state index in [1.54, 1.807) is 0 Å². The minimum absolute atomic E-state index is 0.282. The number of rotatable bonds is 4. The van der Waals surface area contributed by atoms with Gasteiger partial charge < -0.3 is 5.32 Å². The Morgan fingerprint density at radius 1 is 1.31 bits per heavy atom. The quantitative estimate of drug-likeness (QED) is 0.812. The Labute approximate surface area is 107 Å². The van der Waals surface area contributed by atoms with E-state index >= 15 is 0 Å². The molecule has 0 aliphatic rings. The van der Waals surface area contributed by atoms with Crippen LogP contribution in [0.4, 0.5) is 0 Å². The van der Waals surface area contributed by atoms with Gasteiger partial charge in [0.15, 0.2) is 0 Å². The number of likely N-dealkylation sites (N-methyl/N-ethyl adjacent to an activating group) is 1. The Balaban J connectivity index is 2.80. The number of hydrogen-bond donors (Lipinski definition) is 1. The smallest absolute Gasteiger partial charge is 0.0453 e. The zero-order valence-corrected chi connectivity index (χ0v) is 11.0. The summed E-state index contributed by atoms with van der Waals surface area (Å²) >= 11 is 12.2. The first-order chi connectivity index (χ1) is 7.69. The Bertz CT molecular complexity index is 384. The molecular weight excluding hydrogens is 241 g/mol. The molecular formula is C13H15Cl2N. The van der Waals surface area contributed by atoms with Gasteiger partial charge in [-0.2, -0.15) is 0 Å². The predicted octanol–water partition coefficient (Wildman–Crippen LogP) is 3.54. The van der Waals surface area contributed by atoms with Crippen molar-refractivity contribution in [3.05, 3.63) is 33.8 Å². The van der Waals surface area contributed by atoms with Crippen LogP contribution in [0.5, 0.6) is 0 Å². The first-order valence-corrected chi connectivity index (χ1v) is 5.94. The van der Waals surface area contributed by atoms with E-state index in [0.717, 1.165) is 28.5 Å². The lowest BCUT2D eigenvalue weighted by Gasteiger charge is -2.15. The average Bonchev–Trinajstić information content (AvgIpc) is 2.28. The third kappa shape index (κ3) is 3.72. The van der Waals surface area contributed by atoms with E-state index < -0.39 is 0 Å². The molecule has 0 aromatic heterocycles. The molecule has 1 atom stereocenters. The first kappa shape index (κ1) is 13.4. The van der Waals surface area contributed by atoms with Crippen molar-refractivity contribution in [2.45, 2.75) is 25.8 Å². The third-order valence-corrected chi connectivity index (χ3v) is 3.15. The molecule has 0 fully saturated rings. The summed E-state index contributed by atoms with van der Waals surface area (Å²) in [7, 11) is 1.92. The Morgan fingerprint density at radius 3 is 2.44 bits per heavy atom. The van der Waals surface area contributed by atoms with Crippen molar-refractivity contribution in [2.75, 3.05) is 7.05 Å². The highest BCUT2D eigenvalue weighted by molar-refractivity contribution is 6.35. The maximum absolute atomic E-state index is 6.12. The van der Waals surface area contributed by atoms with Gasteiger partial charge in [0.2, 0.25) is 0 Å². The van der Waals surface area contributed by atoms with Crippen LogP contribution < -0.4 is 5.32 Å². The van der Waals surface area contributed by atoms with Gasteiger partial charge in [0.1, 0.15) is 0 Å². The molecule has 0 bridgehead atoms. The monoisotopic (exact) mass is 255 g/mol. The second-order valence-corrected chi connectivity index (χ2v) is 4.34. The minimum atomic E-state index is 0.282. The Hall–Kier alpha value is -0.680. The normalized spacial score (nSPS) is 11.8. The summed E-state index contributed by atoms with van der Waals surface area (Å²) in [5.41, 5.74) is 0.989. The van der Waals surface area contributed by atoms with E-state index in [0.29, 0.717) is 0 Å². The fourth-order valence-corrected chi connectivity index (χ4v) is 2.03. The number of nitrogens with one attached hydrogen (secondary N) is 1. The zero-order valence-electron chi connectivity index (χ0n) is 9.48. The van der Waals surface area contributed by atoms with Crippen LogP contribution in [-0.2, 0) is 6.42 Å². The molecule has 0 aliphatic heterocycles. The molecule has 1 unspecified atom stereocenters. The molecule has 0 heterocycles. The van der Waals surface area contributed by atoms with Crippen molar-refractivity contribution >= 4 is 23.2 Å². The molecule has 1 rings (SSSR count). The van der Waals surface area contributed by atoms with E-state index in [9.17, 15) is 0 Å². The highest BCUT2D eigenvalue weighted by Gasteiger charge is 2.11. The first-order valence-electron chi connectivity index (χ1n) is 5.18. The Kier molecular flexibility index (Phi) is 5.69. The van der Waals surface area contributed by atoms with Crippen LogP contribution in [0.3, 0.4) is 0 Å². The molecule has 0 amide bonds. The fourth-order valence-electron chi connectivity index (χ4n) is 1.48. The van der Waals surface area contributed by atoms with E-state index in [1.807, 2.05) is 32.2 Å². The number of benzene rings is 1. The molecule has 0 saturated heterocycles. The molecule has 0 radical (unpaired) electrons. The maximum Gasteiger partial charge on any atom is 0.0453 e. The SMILES string of the molecule is CC#CCC(Cc1c(Cl)cccc1Cl)NC. The summed E-state index contributed by atoms with van der Waals surface area (Å²) in [5, 5.41) is 4.66. The summed E-state index contributed by atoms with van der Waals surface area (Å²) in [4.78, 5) is 0. The molecule has 1 aromatic carbocycles. The molecule has 0 spiro atoms. The maximum atomic E-state index is 6.12. The van der Waals surface area contributed by atoms with Crippen LogP contribution in [0.2, 0.25) is 10.0 Å². The second kappa shape index (κ2) is 6.81. The topological polar surface area (TPSA) is 12.0 Å². The van der Waals surface area contributed by atoms with Crippen LogP contribution in [0, 0.1) is 11.8 Å². The largest absolute Gasteiger partial charge is 0.316 e. The highest BCUT2D eigenvalue weighted by atomic mass is 35.5. The second-order valence-electron chi connectivity index (χ2n) is 3.52. The lowest BCUT2D eigenvalue weighted by Crippen LogP contribution is -2.27. The van der Waals surface area contributed by atoms with Crippen LogP contribution in [0.15, 0.2) is 18.2 Å². The van der Waals surface area contributed by atoms with Crippen LogP contribution in [0.1, 0.15) is 18.9 Å². The van der Waals surface area contributed by atoms with Gasteiger partial charge in [-0.3, -0.25) is 0 Å². The lowest BCUT2D eigenvalue weighted by molar-refractivity contribution is 0.573. The van der Waals surface area contributed by atoms with Crippen LogP contribution in [0.25, 0.3) is 0 Å². The van der Waals surface area contributed by atoms with E-state index in [-0.39, 0.29) is 6.04 Å². The predicted molar refractivity (Wildman–Crippen MR) is 71.1 cm³/mol. The molecule has 86 valence electrons. The summed E-state index contributed by atoms with van der Waals surface area (Å²) < 4.78 is 0. The standard InChI is InChI=1S/C13H15Cl2N/c1-3-4-6-10(16-2)9-11-12(14)7-5-8-13(11)15/h5,7-8,10,16H,6,9H2,1-2H3. The molecule has 1 aromatic rings. The molecule has 16 heavy (non-hydrogen) atoms. The van der Waals surface area contributed by atoms with E-state index in [1.165, 1.54) is 0 Å². The highest BCUT2D eigenvalue weighted by Crippen LogP contribution is 2.25. The van der Waals surface area contributed by atoms with Crippen molar-refractivity contribution in [3.63, 3.8) is 0 Å². The van der Waals surface area contributed by atoms with Crippen molar-refractivity contribution < 1.29 is 0 Å². The van der Waals surface area contributed by atoms with Crippen LogP contribution in [-0.4, -0.2) is 13.1 Å². The van der Waals surface area contributed by atoms with Crippen molar-refractivity contribution in [3.8, 4) is 11.8 Å². The van der Waals surface area contributed by atoms with Gasteiger partial charge in [0.25, 0.3) is 0 Å². The summed E-state index contributed by atoms with van der Waals surface area (Å²) in [6.45, 7) is 1.84. The summed E-state index contributed by atoms with van der Waals surface area (Å²) in [6, 6.07) is 5.86. The molecule has 3 heteroatoms. The third-order valence-electron chi connectivity index (χ3n) is 2.45. The van der Waals surface area contributed by atoms with Gasteiger partial charge in [-0.1, -0.05) is 29.3 Å². The van der Waals surface area contributed by atoms with Crippen molar-refractivity contribution in [2.24, 2.45) is 0 Å². The minimum Gasteiger partial charge on any atom is -0.316 e. The molecule has 1 N–H and O–H groups in total. The van der Waals surface area contributed by atoms with Gasteiger partial charge in [-0.05, 0) is 38.1 Å². The summed E-state index contributed by atoms with van der Waals surface area (Å²) in [6.07, 6.45) is 1.60. The van der Waals surface area contributed by atoms with Crippen LogP contribution >= 0.6 is 23.2 Å². The van der Waals surface area contributed by atoms with E-state index in [2.05, 4.69) is 17.2 Å². The van der Waals surface area contributed by atoms with Crippen molar-refractivity contribution in [1.29, 1.82) is 0 Å². The molecule has 1 nitrogen and oxygen atoms in total. The van der Waals surface area contributed by atoms with Crippen molar-refractivity contribution in [1.82, 2.24) is 5.32 Å². The van der Waals surface area contributed by atoms with Gasteiger partial charge in [0.05, 0.1) is 0 Å². The lowest BCUT2D eigenvalue weighted by atomic mass is 10.0. The number of halogens is 2. The Morgan fingerprint density at radius 2 is 1.94 bits per heavy atom. The van der Waals surface area contributed by atoms with Gasteiger partial charge >= 0.3 is 0 Å². The molecule has 0 aliphatic carbocycles. The molecule has 0 saturated carbocycles. The average molecular weight is 256 g/mol. The van der Waals surface area contributed by atoms with Gasteiger partial charge in [0, 0.05) is 22.5 Å².